The lowest BCUT2D eigenvalue weighted by Gasteiger charge is -2.14. The van der Waals surface area contributed by atoms with Crippen LogP contribution in [-0.4, -0.2) is 45.8 Å². The molecular formula is C22H26BrF2IO7S+. The number of esters is 1. The predicted molar refractivity (Wildman–Crippen MR) is 122 cm³/mol. The van der Waals surface area contributed by atoms with E-state index in [1.54, 1.807) is 48.5 Å². The van der Waals surface area contributed by atoms with Crippen LogP contribution in [0.15, 0.2) is 48.5 Å². The molecular weight excluding hydrogens is 653 g/mol. The van der Waals surface area contributed by atoms with E-state index >= 15 is 0 Å². The maximum Gasteiger partial charge on any atom is 0.469 e. The number of carbonyl (C=O) groups excluding carboxylic acids is 1. The molecule has 0 spiro atoms. The third kappa shape index (κ3) is 7.75. The summed E-state index contributed by atoms with van der Waals surface area (Å²) in [6.45, 7) is -0.300. The summed E-state index contributed by atoms with van der Waals surface area (Å²) in [5, 5.41) is -4.04. The van der Waals surface area contributed by atoms with Gasteiger partial charge in [-0.2, -0.15) is 17.2 Å². The van der Waals surface area contributed by atoms with Crippen molar-refractivity contribution >= 4 is 32.0 Å². The minimum Gasteiger partial charge on any atom is -0.497 e. The third-order valence-electron chi connectivity index (χ3n) is 4.45. The van der Waals surface area contributed by atoms with Crippen molar-refractivity contribution in [1.82, 2.24) is 0 Å². The van der Waals surface area contributed by atoms with Crippen LogP contribution in [0.1, 0.15) is 25.7 Å². The molecule has 189 valence electrons. The van der Waals surface area contributed by atoms with E-state index in [0.29, 0.717) is 31.5 Å². The molecule has 0 bridgehead atoms. The Morgan fingerprint density at radius 2 is 1.35 bits per heavy atom. The Morgan fingerprint density at radius 3 is 1.79 bits per heavy atom. The number of hydrogen-bond donors (Lipinski definition) is 0. The van der Waals surface area contributed by atoms with Gasteiger partial charge in [-0.15, -0.1) is 0 Å². The summed E-state index contributed by atoms with van der Waals surface area (Å²) >= 11 is -0.160. The molecule has 0 amide bonds. The Hall–Kier alpha value is -1.51. The summed E-state index contributed by atoms with van der Waals surface area (Å²) in [6.07, 6.45) is 2.75. The fraction of sp³-hybridized carbons (Fsp3) is 0.409. The topological polar surface area (TPSA) is 88.1 Å². The van der Waals surface area contributed by atoms with Crippen LogP contribution in [0.4, 0.5) is 8.78 Å². The number of benzene rings is 2. The molecule has 0 aliphatic heterocycles. The minimum atomic E-state index is -5.64. The highest BCUT2D eigenvalue weighted by Crippen LogP contribution is 2.24. The van der Waals surface area contributed by atoms with Crippen molar-refractivity contribution in [3.63, 3.8) is 0 Å². The van der Waals surface area contributed by atoms with E-state index in [9.17, 15) is 22.0 Å². The number of unbranched alkanes of at least 4 members (excludes halogenated alkanes) is 3. The molecule has 2 aromatic carbocycles. The normalized spacial score (nSPS) is 11.9. The first-order valence-electron chi connectivity index (χ1n) is 10.2. The van der Waals surface area contributed by atoms with E-state index in [1.807, 2.05) is 0 Å². The quantitative estimate of drug-likeness (QED) is 0.130. The molecule has 0 saturated heterocycles. The van der Waals surface area contributed by atoms with Gasteiger partial charge in [0.1, 0.15) is 11.5 Å². The molecule has 0 fully saturated rings. The zero-order valence-corrected chi connectivity index (χ0v) is 23.2. The third-order valence-corrected chi connectivity index (χ3v) is 12.3. The van der Waals surface area contributed by atoms with Crippen molar-refractivity contribution in [1.29, 1.82) is 0 Å². The zero-order valence-electron chi connectivity index (χ0n) is 18.6. The van der Waals surface area contributed by atoms with Crippen LogP contribution in [0.2, 0.25) is 0 Å². The van der Waals surface area contributed by atoms with Crippen LogP contribution in [0.3, 0.4) is 0 Å². The summed E-state index contributed by atoms with van der Waals surface area (Å²) in [7, 11) is -2.72. The largest absolute Gasteiger partial charge is 0.497 e. The molecule has 7 nitrogen and oxygen atoms in total. The van der Waals surface area contributed by atoms with Crippen LogP contribution in [0.25, 0.3) is 0 Å². The lowest BCUT2D eigenvalue weighted by Crippen LogP contribution is -3.85. The van der Waals surface area contributed by atoms with Gasteiger partial charge in [0.2, 0.25) is 0 Å². The van der Waals surface area contributed by atoms with Gasteiger partial charge in [0, 0.05) is 5.33 Å². The standard InChI is InChI=1S/C22H26BrF2IO7S/c1-30-19-11-7-17(8-12-19)26(18-9-13-20(31-2)14-10-18)33-34(28,29)22(24,25)21(27)32-16-6-4-3-5-15-23/h7-14H,3-6,15-16H2,1-2H3/q+1. The Balaban J connectivity index is 2.23. The molecule has 12 heteroatoms. The van der Waals surface area contributed by atoms with Crippen LogP contribution in [0.5, 0.6) is 11.5 Å². The van der Waals surface area contributed by atoms with Crippen LogP contribution >= 0.6 is 15.9 Å². The Bertz CT molecular complexity index is 971. The number of halogens is 4. The van der Waals surface area contributed by atoms with Gasteiger partial charge in [-0.3, -0.25) is 0 Å². The summed E-state index contributed by atoms with van der Waals surface area (Å²) in [4.78, 5) is 12.0. The predicted octanol–water partition coefficient (Wildman–Crippen LogP) is 1.72. The monoisotopic (exact) mass is 678 g/mol. The number of ether oxygens (including phenoxy) is 3. The zero-order chi connectivity index (χ0) is 25.2. The molecule has 0 heterocycles. The van der Waals surface area contributed by atoms with Gasteiger partial charge in [0.25, 0.3) is 0 Å². The lowest BCUT2D eigenvalue weighted by atomic mass is 10.2. The second kappa shape index (κ2) is 13.5. The molecule has 2 aromatic rings. The Kier molecular flexibility index (Phi) is 11.4. The second-order valence-electron chi connectivity index (χ2n) is 6.84. The second-order valence-corrected chi connectivity index (χ2v) is 14.2. The fourth-order valence-electron chi connectivity index (χ4n) is 2.59. The highest BCUT2D eigenvalue weighted by atomic mass is 127. The molecule has 2 rings (SSSR count). The maximum absolute atomic E-state index is 14.6. The Morgan fingerprint density at radius 1 is 0.882 bits per heavy atom. The van der Waals surface area contributed by atoms with E-state index in [2.05, 4.69) is 20.7 Å². The molecule has 1 radical (unpaired) electrons. The molecule has 0 N–H and O–H groups in total. The summed E-state index contributed by atoms with van der Waals surface area (Å²) in [5.74, 6) is -1.14. The van der Waals surface area contributed by atoms with Crippen molar-refractivity contribution in [3.05, 3.63) is 55.7 Å². The van der Waals surface area contributed by atoms with E-state index in [4.69, 9.17) is 12.0 Å². The van der Waals surface area contributed by atoms with Crippen molar-refractivity contribution < 1.29 is 59.0 Å². The number of rotatable bonds is 14. The molecule has 34 heavy (non-hydrogen) atoms. The first kappa shape index (κ1) is 28.7. The number of alkyl halides is 3. The molecule has 0 aromatic heterocycles. The molecule has 0 unspecified atom stereocenters. The number of carbonyl (C=O) groups is 1. The number of hydrogen-bond acceptors (Lipinski definition) is 7. The molecule has 0 atom stereocenters. The van der Waals surface area contributed by atoms with Gasteiger partial charge < -0.3 is 14.2 Å². The van der Waals surface area contributed by atoms with Gasteiger partial charge >= 0.3 is 41.6 Å². The Labute approximate surface area is 214 Å². The maximum atomic E-state index is 14.6. The SMILES string of the molecule is COc1ccc([I+](OS(=O)(=O)C(F)(F)C(=O)OCCCCCCBr)c2ccc(OC)cc2)cc1. The van der Waals surface area contributed by atoms with E-state index < -0.39 is 41.6 Å². The van der Waals surface area contributed by atoms with Crippen molar-refractivity contribution in [2.75, 3.05) is 26.2 Å². The average Bonchev–Trinajstić information content (AvgIpc) is 2.84. The van der Waals surface area contributed by atoms with Crippen molar-refractivity contribution in [2.45, 2.75) is 30.9 Å². The highest BCUT2D eigenvalue weighted by molar-refractivity contribution is 9.09. The molecule has 0 saturated carbocycles. The van der Waals surface area contributed by atoms with E-state index in [-0.39, 0.29) is 6.61 Å². The van der Waals surface area contributed by atoms with Gasteiger partial charge in [-0.1, -0.05) is 28.8 Å². The van der Waals surface area contributed by atoms with Crippen LogP contribution in [0, 0.1) is 7.14 Å². The van der Waals surface area contributed by atoms with Gasteiger partial charge in [-0.25, -0.2) is 4.79 Å². The van der Waals surface area contributed by atoms with Crippen molar-refractivity contribution in [3.8, 4) is 11.5 Å². The lowest BCUT2D eigenvalue weighted by molar-refractivity contribution is -1.03. The van der Waals surface area contributed by atoms with E-state index in [0.717, 1.165) is 18.2 Å². The summed E-state index contributed by atoms with van der Waals surface area (Å²) in [6, 6.07) is 12.5. The van der Waals surface area contributed by atoms with Gasteiger partial charge in [0.15, 0.2) is 7.14 Å². The van der Waals surface area contributed by atoms with Gasteiger partial charge in [0.05, 0.1) is 20.8 Å². The number of methoxy groups -OCH3 is 2. The first-order valence-corrected chi connectivity index (χ1v) is 15.8. The van der Waals surface area contributed by atoms with Crippen LogP contribution in [-0.2, 0) is 22.2 Å². The first-order chi connectivity index (χ1) is 16.2. The van der Waals surface area contributed by atoms with Crippen molar-refractivity contribution in [2.24, 2.45) is 0 Å². The fourth-order valence-corrected chi connectivity index (χ4v) is 9.73. The molecule has 0 aliphatic rings. The minimum absolute atomic E-state index is 0.300. The summed E-state index contributed by atoms with van der Waals surface area (Å²) in [5.41, 5.74) is 0. The average molecular weight is 679 g/mol. The molecule has 0 aliphatic carbocycles. The highest BCUT2D eigenvalue weighted by Gasteiger charge is 2.60. The van der Waals surface area contributed by atoms with Crippen LogP contribution < -0.4 is 29.7 Å². The van der Waals surface area contributed by atoms with Gasteiger partial charge in [-0.05, 0) is 63.9 Å². The van der Waals surface area contributed by atoms with E-state index in [1.165, 1.54) is 14.2 Å². The summed E-state index contributed by atoms with van der Waals surface area (Å²) < 4.78 is 75.1. The smallest absolute Gasteiger partial charge is 0.469 e.